The first-order valence-electron chi connectivity index (χ1n) is 29.9. The number of unbranched alkanes of at least 4 members (excludes halogenated alkanes) is 18. The Morgan fingerprint density at radius 3 is 1.31 bits per heavy atom. The molecule has 1 aliphatic heterocycles. The molecule has 1 fully saturated rings. The molecule has 3 N–H and O–H groups in total. The molecule has 0 aromatic heterocycles. The molecule has 1 heterocycles. The Labute approximate surface area is 465 Å². The number of carboxylic acid groups (broad SMARTS) is 1. The summed E-state index contributed by atoms with van der Waals surface area (Å²) in [7, 11) is 0. The highest BCUT2D eigenvalue weighted by atomic mass is 16.7. The maximum absolute atomic E-state index is 13.1. The monoisotopic (exact) mass is 1080 g/mol. The number of aliphatic carboxylic acids is 1. The van der Waals surface area contributed by atoms with Crippen LogP contribution in [0.2, 0.25) is 0 Å². The minimum absolute atomic E-state index is 0.0964. The van der Waals surface area contributed by atoms with Crippen LogP contribution in [0.15, 0.2) is 109 Å². The van der Waals surface area contributed by atoms with Crippen LogP contribution in [-0.4, -0.2) is 89.2 Å². The van der Waals surface area contributed by atoms with Crippen LogP contribution >= 0.6 is 0 Å². The van der Waals surface area contributed by atoms with Crippen LogP contribution in [0.25, 0.3) is 0 Å². The molecule has 0 aromatic rings. The fourth-order valence-electron chi connectivity index (χ4n) is 8.38. The fraction of sp³-hybridized carbons (Fsp3) is 0.662. The van der Waals surface area contributed by atoms with Crippen molar-refractivity contribution in [3.8, 4) is 0 Å². The van der Waals surface area contributed by atoms with Gasteiger partial charge in [0.25, 0.3) is 0 Å². The van der Waals surface area contributed by atoms with Crippen molar-refractivity contribution in [3.63, 3.8) is 0 Å². The van der Waals surface area contributed by atoms with E-state index >= 15 is 0 Å². The normalized spacial score (nSPS) is 18.8. The second-order valence-corrected chi connectivity index (χ2v) is 19.9. The van der Waals surface area contributed by atoms with Crippen LogP contribution in [0.4, 0.5) is 0 Å². The van der Waals surface area contributed by atoms with Crippen molar-refractivity contribution in [1.82, 2.24) is 0 Å². The second kappa shape index (κ2) is 52.1. The third-order valence-electron chi connectivity index (χ3n) is 12.9. The maximum Gasteiger partial charge on any atom is 0.335 e. The molecule has 1 rings (SSSR count). The smallest absolute Gasteiger partial charge is 0.335 e. The molecule has 77 heavy (non-hydrogen) atoms. The first-order chi connectivity index (χ1) is 37.6. The second-order valence-electron chi connectivity index (χ2n) is 19.9. The minimum atomic E-state index is -1.94. The highest BCUT2D eigenvalue weighted by molar-refractivity contribution is 5.74. The molecule has 0 bridgehead atoms. The summed E-state index contributed by atoms with van der Waals surface area (Å²) >= 11 is 0. The van der Waals surface area contributed by atoms with Gasteiger partial charge < -0.3 is 39.0 Å². The quantitative estimate of drug-likeness (QED) is 0.0228. The summed E-state index contributed by atoms with van der Waals surface area (Å²) in [6.07, 6.45) is 58.1. The van der Waals surface area contributed by atoms with Crippen molar-refractivity contribution in [2.75, 3.05) is 13.2 Å². The molecule has 1 saturated heterocycles. The lowest BCUT2D eigenvalue weighted by atomic mass is 9.98. The molecular formula is C65H104O12. The SMILES string of the molecule is CC/C=C\C/C=C\C/C=C\C/C=C\C/C=C\CC(=O)OC1C(OCC(COC(=O)CCCCCCCCCCCCCCCCCCC)OC(=O)CCCC/C=C\C/C=C\C/C=C\C/C=C\CC)OC(C(=O)O)C(O)C1O. The van der Waals surface area contributed by atoms with Gasteiger partial charge in [-0.2, -0.15) is 0 Å². The first-order valence-corrected chi connectivity index (χ1v) is 29.9. The van der Waals surface area contributed by atoms with E-state index in [0.717, 1.165) is 83.5 Å². The molecular weight excluding hydrogens is 973 g/mol. The number of ether oxygens (including phenoxy) is 5. The topological polar surface area (TPSA) is 175 Å². The predicted molar refractivity (Wildman–Crippen MR) is 312 cm³/mol. The number of rotatable bonds is 49. The van der Waals surface area contributed by atoms with Crippen molar-refractivity contribution in [2.45, 2.75) is 263 Å². The van der Waals surface area contributed by atoms with E-state index in [9.17, 15) is 34.5 Å². The van der Waals surface area contributed by atoms with Gasteiger partial charge in [0.1, 0.15) is 18.8 Å². The average Bonchev–Trinajstić information content (AvgIpc) is 3.43. The van der Waals surface area contributed by atoms with Gasteiger partial charge in [0.05, 0.1) is 13.0 Å². The minimum Gasteiger partial charge on any atom is -0.479 e. The number of allylic oxidation sites excluding steroid dienone is 17. The van der Waals surface area contributed by atoms with Gasteiger partial charge in [0.2, 0.25) is 0 Å². The predicted octanol–water partition coefficient (Wildman–Crippen LogP) is 15.4. The molecule has 6 atom stereocenters. The number of carboxylic acids is 1. The van der Waals surface area contributed by atoms with Crippen LogP contribution in [0.3, 0.4) is 0 Å². The fourth-order valence-corrected chi connectivity index (χ4v) is 8.38. The van der Waals surface area contributed by atoms with E-state index in [1.165, 1.54) is 83.5 Å². The summed E-state index contributed by atoms with van der Waals surface area (Å²) in [5.41, 5.74) is 0. The number of aliphatic hydroxyl groups excluding tert-OH is 2. The highest BCUT2D eigenvalue weighted by Gasteiger charge is 2.50. The zero-order chi connectivity index (χ0) is 56.1. The number of carbonyl (C=O) groups is 4. The summed E-state index contributed by atoms with van der Waals surface area (Å²) in [5, 5.41) is 31.4. The van der Waals surface area contributed by atoms with Gasteiger partial charge in [-0.25, -0.2) is 4.79 Å². The van der Waals surface area contributed by atoms with Crippen LogP contribution in [0.5, 0.6) is 0 Å². The van der Waals surface area contributed by atoms with E-state index < -0.39 is 67.3 Å². The van der Waals surface area contributed by atoms with Gasteiger partial charge in [-0.1, -0.05) is 233 Å². The Balaban J connectivity index is 2.76. The molecule has 436 valence electrons. The molecule has 6 unspecified atom stereocenters. The molecule has 0 spiro atoms. The van der Waals surface area contributed by atoms with Gasteiger partial charge >= 0.3 is 23.9 Å². The lowest BCUT2D eigenvalue weighted by Crippen LogP contribution is -2.61. The Morgan fingerprint density at radius 2 is 0.857 bits per heavy atom. The Hall–Kier alpha value is -4.62. The van der Waals surface area contributed by atoms with Crippen LogP contribution in [-0.2, 0) is 42.9 Å². The van der Waals surface area contributed by atoms with Gasteiger partial charge in [-0.3, -0.25) is 14.4 Å². The number of hydrogen-bond acceptors (Lipinski definition) is 11. The third kappa shape index (κ3) is 42.1. The third-order valence-corrected chi connectivity index (χ3v) is 12.9. The largest absolute Gasteiger partial charge is 0.479 e. The molecule has 0 aromatic carbocycles. The summed E-state index contributed by atoms with van der Waals surface area (Å²) < 4.78 is 28.3. The number of esters is 3. The van der Waals surface area contributed by atoms with E-state index in [4.69, 9.17) is 23.7 Å². The maximum atomic E-state index is 13.1. The number of hydrogen-bond donors (Lipinski definition) is 3. The molecule has 1 aliphatic rings. The summed E-state index contributed by atoms with van der Waals surface area (Å²) in [4.78, 5) is 51.1. The molecule has 12 nitrogen and oxygen atoms in total. The zero-order valence-electron chi connectivity index (χ0n) is 47.9. The van der Waals surface area contributed by atoms with Crippen LogP contribution < -0.4 is 0 Å². The molecule has 0 aliphatic carbocycles. The van der Waals surface area contributed by atoms with E-state index in [-0.39, 0.29) is 25.9 Å². The van der Waals surface area contributed by atoms with E-state index in [0.29, 0.717) is 19.3 Å². The van der Waals surface area contributed by atoms with Crippen molar-refractivity contribution in [3.05, 3.63) is 109 Å². The number of carbonyl (C=O) groups excluding carboxylic acids is 3. The van der Waals surface area contributed by atoms with Crippen molar-refractivity contribution >= 4 is 23.9 Å². The van der Waals surface area contributed by atoms with Crippen LogP contribution in [0, 0.1) is 0 Å². The lowest BCUT2D eigenvalue weighted by Gasteiger charge is -2.40. The Kier molecular flexibility index (Phi) is 47.6. The molecule has 0 radical (unpaired) electrons. The van der Waals surface area contributed by atoms with Crippen molar-refractivity contribution in [2.24, 2.45) is 0 Å². The molecule has 12 heteroatoms. The van der Waals surface area contributed by atoms with E-state index in [2.05, 4.69) is 106 Å². The number of aliphatic hydroxyl groups is 2. The van der Waals surface area contributed by atoms with E-state index in [1.54, 1.807) is 12.2 Å². The van der Waals surface area contributed by atoms with Crippen LogP contribution in [0.1, 0.15) is 226 Å². The summed E-state index contributed by atoms with van der Waals surface area (Å²) in [5.74, 6) is -3.35. The van der Waals surface area contributed by atoms with Gasteiger partial charge in [0.15, 0.2) is 24.6 Å². The highest BCUT2D eigenvalue weighted by Crippen LogP contribution is 2.26. The van der Waals surface area contributed by atoms with Crippen molar-refractivity contribution < 1.29 is 58.2 Å². The van der Waals surface area contributed by atoms with Gasteiger partial charge in [0, 0.05) is 12.8 Å². The molecule has 0 amide bonds. The Bertz CT molecular complexity index is 1750. The summed E-state index contributed by atoms with van der Waals surface area (Å²) in [6, 6.07) is 0. The van der Waals surface area contributed by atoms with Gasteiger partial charge in [-0.15, -0.1) is 0 Å². The Morgan fingerprint density at radius 1 is 0.455 bits per heavy atom. The average molecular weight is 1080 g/mol. The lowest BCUT2D eigenvalue weighted by molar-refractivity contribution is -0.301. The van der Waals surface area contributed by atoms with E-state index in [1.807, 2.05) is 12.2 Å². The molecule has 0 saturated carbocycles. The van der Waals surface area contributed by atoms with Crippen molar-refractivity contribution in [1.29, 1.82) is 0 Å². The standard InChI is InChI=1S/C65H104O12/c1-4-7-10-13-16-19-22-25-28-29-32-33-36-39-42-45-48-51-57(66)73-54-56(75-58(67)52-49-46-43-40-37-34-30-26-23-20-17-14-11-8-5-2)55-74-65-63(61(70)60(69)62(77-65)64(71)72)76-59(68)53-50-47-44-41-38-35-31-27-24-21-18-15-12-9-6-3/h8-9,11-12,17-18,20-21,26-27,30-31,37-38,40-41,47,50,56,60-63,65,69-70H,4-7,10,13-16,19,22-25,28-29,32-36,39,42-46,48-49,51-55H2,1-3H3,(H,71,72)/b11-8-,12-9-,20-17-,21-18-,30-26-,31-27-,40-37-,41-38-,50-47-. The summed E-state index contributed by atoms with van der Waals surface area (Å²) in [6.45, 7) is 5.69. The van der Waals surface area contributed by atoms with Gasteiger partial charge in [-0.05, 0) is 83.5 Å². The first kappa shape index (κ1) is 70.4. The zero-order valence-corrected chi connectivity index (χ0v) is 47.9.